The van der Waals surface area contributed by atoms with E-state index in [1.54, 1.807) is 30.3 Å². The summed E-state index contributed by atoms with van der Waals surface area (Å²) in [5.41, 5.74) is -3.13. The number of hydrogen-bond donors (Lipinski definition) is 0. The van der Waals surface area contributed by atoms with Gasteiger partial charge in [-0.25, -0.2) is 0 Å². The number of rotatable bonds is 3. The molecule has 0 saturated carbocycles. The number of carbonyl (C=O) groups is 1. The predicted octanol–water partition coefficient (Wildman–Crippen LogP) is 6.14. The summed E-state index contributed by atoms with van der Waals surface area (Å²) in [6.45, 7) is 0.129. The minimum Gasteiger partial charge on any atom is -0.337 e. The van der Waals surface area contributed by atoms with Crippen LogP contribution in [-0.4, -0.2) is 27.5 Å². The molecule has 0 spiro atoms. The van der Waals surface area contributed by atoms with Crippen LogP contribution in [0.3, 0.4) is 0 Å². The van der Waals surface area contributed by atoms with Crippen LogP contribution in [0.1, 0.15) is 52.7 Å². The van der Waals surface area contributed by atoms with Gasteiger partial charge < -0.3 is 9.42 Å². The zero-order valence-corrected chi connectivity index (χ0v) is 17.0. The Labute approximate surface area is 184 Å². The van der Waals surface area contributed by atoms with Crippen molar-refractivity contribution < 1.29 is 35.7 Å². The van der Waals surface area contributed by atoms with Crippen LogP contribution in [0.5, 0.6) is 0 Å². The number of carbonyl (C=O) groups excluding carboxylic acids is 1. The van der Waals surface area contributed by atoms with E-state index < -0.39 is 41.0 Å². The molecule has 0 aliphatic carbocycles. The van der Waals surface area contributed by atoms with Gasteiger partial charge in [-0.2, -0.15) is 31.3 Å². The third-order valence-corrected chi connectivity index (χ3v) is 5.36. The molecule has 4 rings (SSSR count). The van der Waals surface area contributed by atoms with E-state index in [1.807, 2.05) is 0 Å². The summed E-state index contributed by atoms with van der Waals surface area (Å²) < 4.78 is 84.6. The first kappa shape index (κ1) is 22.8. The molecule has 3 aromatic rings. The van der Waals surface area contributed by atoms with E-state index in [0.29, 0.717) is 37.0 Å². The quantitative estimate of drug-likeness (QED) is 0.433. The van der Waals surface area contributed by atoms with Crippen molar-refractivity contribution >= 4 is 5.91 Å². The monoisotopic (exact) mass is 469 g/mol. The molecule has 1 amide bonds. The molecule has 0 radical (unpaired) electrons. The predicted molar refractivity (Wildman–Crippen MR) is 104 cm³/mol. The van der Waals surface area contributed by atoms with Gasteiger partial charge in [0.15, 0.2) is 0 Å². The van der Waals surface area contributed by atoms with Gasteiger partial charge >= 0.3 is 12.4 Å². The lowest BCUT2D eigenvalue weighted by molar-refractivity contribution is -0.143. The standard InChI is InChI=1S/C22H17F6N3O2/c23-21(24,25)15-10-14(11-16(12-15)22(26,27)28)20(32)31-9-5-4-8-17(31)19-29-18(30-33-19)13-6-2-1-3-7-13/h1-3,6-7,10-12,17H,4-5,8-9H2. The summed E-state index contributed by atoms with van der Waals surface area (Å²) in [7, 11) is 0. The highest BCUT2D eigenvalue weighted by molar-refractivity contribution is 5.95. The number of nitrogens with zero attached hydrogens (tertiary/aromatic N) is 3. The molecular weight excluding hydrogens is 452 g/mol. The lowest BCUT2D eigenvalue weighted by atomic mass is 9.98. The molecule has 174 valence electrons. The number of hydrogen-bond acceptors (Lipinski definition) is 4. The Morgan fingerprint density at radius 2 is 1.58 bits per heavy atom. The van der Waals surface area contributed by atoms with Crippen LogP contribution in [0.4, 0.5) is 26.3 Å². The third kappa shape index (κ3) is 4.86. The zero-order valence-electron chi connectivity index (χ0n) is 17.0. The van der Waals surface area contributed by atoms with Gasteiger partial charge in [-0.1, -0.05) is 35.5 Å². The lowest BCUT2D eigenvalue weighted by Crippen LogP contribution is -2.39. The van der Waals surface area contributed by atoms with Crippen molar-refractivity contribution in [2.45, 2.75) is 37.7 Å². The van der Waals surface area contributed by atoms with E-state index in [9.17, 15) is 31.1 Å². The smallest absolute Gasteiger partial charge is 0.337 e. The first-order chi connectivity index (χ1) is 15.5. The van der Waals surface area contributed by atoms with Crippen LogP contribution in [0, 0.1) is 0 Å². The minimum atomic E-state index is -5.05. The van der Waals surface area contributed by atoms with Crippen LogP contribution in [0.15, 0.2) is 53.1 Å². The fourth-order valence-electron chi connectivity index (χ4n) is 3.75. The Balaban J connectivity index is 1.69. The molecule has 2 heterocycles. The molecule has 11 heteroatoms. The Morgan fingerprint density at radius 3 is 2.18 bits per heavy atom. The van der Waals surface area contributed by atoms with E-state index in [-0.39, 0.29) is 24.3 Å². The van der Waals surface area contributed by atoms with Crippen molar-refractivity contribution in [2.24, 2.45) is 0 Å². The normalized spacial score (nSPS) is 17.3. The van der Waals surface area contributed by atoms with Gasteiger partial charge in [0.05, 0.1) is 11.1 Å². The maximum Gasteiger partial charge on any atom is 0.416 e. The summed E-state index contributed by atoms with van der Waals surface area (Å²) in [5, 5.41) is 3.90. The van der Waals surface area contributed by atoms with Crippen molar-refractivity contribution in [3.05, 3.63) is 71.1 Å². The van der Waals surface area contributed by atoms with Gasteiger partial charge in [0.25, 0.3) is 5.91 Å². The van der Waals surface area contributed by atoms with E-state index in [1.165, 1.54) is 4.90 Å². The van der Waals surface area contributed by atoms with Crippen molar-refractivity contribution in [3.8, 4) is 11.4 Å². The molecule has 1 atom stereocenters. The Hall–Kier alpha value is -3.37. The summed E-state index contributed by atoms with van der Waals surface area (Å²) >= 11 is 0. The second-order valence-electron chi connectivity index (χ2n) is 7.63. The third-order valence-electron chi connectivity index (χ3n) is 5.36. The SMILES string of the molecule is O=C(c1cc(C(F)(F)F)cc(C(F)(F)F)c1)N1CCCCC1c1nc(-c2ccccc2)no1. The molecule has 2 aromatic carbocycles. The maximum atomic E-state index is 13.2. The van der Waals surface area contributed by atoms with E-state index in [0.717, 1.165) is 0 Å². The highest BCUT2D eigenvalue weighted by Crippen LogP contribution is 2.38. The molecule has 1 fully saturated rings. The number of halogens is 6. The Kier molecular flexibility index (Phi) is 5.89. The zero-order chi connectivity index (χ0) is 23.8. The van der Waals surface area contributed by atoms with Crippen molar-refractivity contribution in [1.82, 2.24) is 15.0 Å². The van der Waals surface area contributed by atoms with Gasteiger partial charge in [-0.3, -0.25) is 4.79 Å². The van der Waals surface area contributed by atoms with Crippen LogP contribution < -0.4 is 0 Å². The lowest BCUT2D eigenvalue weighted by Gasteiger charge is -2.33. The number of benzene rings is 2. The second-order valence-corrected chi connectivity index (χ2v) is 7.63. The maximum absolute atomic E-state index is 13.2. The number of likely N-dealkylation sites (tertiary alicyclic amines) is 1. The summed E-state index contributed by atoms with van der Waals surface area (Å²) in [6, 6.07) is 8.95. The molecule has 1 aromatic heterocycles. The van der Waals surface area contributed by atoms with Crippen LogP contribution in [-0.2, 0) is 12.4 Å². The molecule has 1 aliphatic heterocycles. The van der Waals surface area contributed by atoms with Gasteiger partial charge in [0, 0.05) is 17.7 Å². The molecule has 1 saturated heterocycles. The minimum absolute atomic E-state index is 0.00535. The molecule has 0 N–H and O–H groups in total. The fourth-order valence-corrected chi connectivity index (χ4v) is 3.75. The average Bonchev–Trinajstić information content (AvgIpc) is 3.28. The van der Waals surface area contributed by atoms with Gasteiger partial charge in [0.2, 0.25) is 11.7 Å². The van der Waals surface area contributed by atoms with E-state index in [4.69, 9.17) is 4.52 Å². The topological polar surface area (TPSA) is 59.2 Å². The highest BCUT2D eigenvalue weighted by Gasteiger charge is 2.39. The Bertz CT molecular complexity index is 1110. The molecule has 0 bridgehead atoms. The van der Waals surface area contributed by atoms with Crippen LogP contribution in [0.2, 0.25) is 0 Å². The first-order valence-electron chi connectivity index (χ1n) is 10.0. The summed E-state index contributed by atoms with van der Waals surface area (Å²) in [4.78, 5) is 18.6. The number of alkyl halides is 6. The number of amides is 1. The van der Waals surface area contributed by atoms with E-state index in [2.05, 4.69) is 10.1 Å². The fraction of sp³-hybridized carbons (Fsp3) is 0.318. The molecule has 1 unspecified atom stereocenters. The average molecular weight is 469 g/mol. The molecule has 5 nitrogen and oxygen atoms in total. The summed E-state index contributed by atoms with van der Waals surface area (Å²) in [5.74, 6) is -0.623. The van der Waals surface area contributed by atoms with Gasteiger partial charge in [-0.15, -0.1) is 0 Å². The van der Waals surface area contributed by atoms with Crippen LogP contribution >= 0.6 is 0 Å². The first-order valence-corrected chi connectivity index (χ1v) is 10.0. The van der Waals surface area contributed by atoms with E-state index >= 15 is 0 Å². The number of piperidine rings is 1. The van der Waals surface area contributed by atoms with Crippen molar-refractivity contribution in [2.75, 3.05) is 6.54 Å². The van der Waals surface area contributed by atoms with Gasteiger partial charge in [-0.05, 0) is 37.5 Å². The van der Waals surface area contributed by atoms with Gasteiger partial charge in [0.1, 0.15) is 6.04 Å². The second kappa shape index (κ2) is 8.53. The number of aromatic nitrogens is 2. The van der Waals surface area contributed by atoms with Crippen molar-refractivity contribution in [1.29, 1.82) is 0 Å². The van der Waals surface area contributed by atoms with Crippen LogP contribution in [0.25, 0.3) is 11.4 Å². The largest absolute Gasteiger partial charge is 0.416 e. The van der Waals surface area contributed by atoms with Crippen molar-refractivity contribution in [3.63, 3.8) is 0 Å². The summed E-state index contributed by atoms with van der Waals surface area (Å²) in [6.07, 6.45) is -8.50. The highest BCUT2D eigenvalue weighted by atomic mass is 19.4. The molecule has 1 aliphatic rings. The molecule has 33 heavy (non-hydrogen) atoms. The molecular formula is C22H17F6N3O2. The Morgan fingerprint density at radius 1 is 0.939 bits per heavy atom.